The second-order valence-corrected chi connectivity index (χ2v) is 6.39. The first-order valence-corrected chi connectivity index (χ1v) is 9.44. The molecule has 2 aromatic carbocycles. The Hall–Kier alpha value is -2.54. The summed E-state index contributed by atoms with van der Waals surface area (Å²) >= 11 is 3.50. The Morgan fingerprint density at radius 3 is 2.67 bits per heavy atom. The lowest BCUT2D eigenvalue weighted by Gasteiger charge is -2.13. The second kappa shape index (κ2) is 10.6. The molecule has 0 unspecified atom stereocenters. The van der Waals surface area contributed by atoms with Gasteiger partial charge < -0.3 is 14.2 Å². The maximum Gasteiger partial charge on any atom is 0.271 e. The second-order valence-electron chi connectivity index (χ2n) is 5.53. The number of nitrogens with zero attached hydrogens (tertiary/aromatic N) is 1. The molecule has 1 N–H and O–H groups in total. The average molecular weight is 435 g/mol. The Morgan fingerprint density at radius 2 is 1.96 bits per heavy atom. The monoisotopic (exact) mass is 434 g/mol. The topological polar surface area (TPSA) is 69.2 Å². The minimum absolute atomic E-state index is 0.325. The van der Waals surface area contributed by atoms with E-state index in [9.17, 15) is 4.79 Å². The molecule has 0 aliphatic carbocycles. The van der Waals surface area contributed by atoms with Gasteiger partial charge in [0.25, 0.3) is 5.91 Å². The van der Waals surface area contributed by atoms with Gasteiger partial charge in [-0.2, -0.15) is 5.10 Å². The zero-order valence-corrected chi connectivity index (χ0v) is 17.2. The molecule has 0 saturated heterocycles. The Morgan fingerprint density at radius 1 is 1.19 bits per heavy atom. The summed E-state index contributed by atoms with van der Waals surface area (Å²) in [5.41, 5.74) is 3.73. The highest BCUT2D eigenvalue weighted by Crippen LogP contribution is 2.33. The van der Waals surface area contributed by atoms with E-state index in [1.807, 2.05) is 26.0 Å². The number of amides is 1. The predicted molar refractivity (Wildman–Crippen MR) is 109 cm³/mol. The lowest BCUT2D eigenvalue weighted by Crippen LogP contribution is -2.17. The Labute approximate surface area is 167 Å². The number of hydrazone groups is 1. The number of ether oxygens (including phenoxy) is 3. The molecule has 0 aliphatic heterocycles. The van der Waals surface area contributed by atoms with E-state index in [1.165, 1.54) is 0 Å². The van der Waals surface area contributed by atoms with Crippen molar-refractivity contribution < 1.29 is 19.0 Å². The highest BCUT2D eigenvalue weighted by molar-refractivity contribution is 9.10. The third-order valence-corrected chi connectivity index (χ3v) is 4.21. The Balaban J connectivity index is 2.13. The lowest BCUT2D eigenvalue weighted by atomic mass is 10.2. The molecule has 0 radical (unpaired) electrons. The van der Waals surface area contributed by atoms with Crippen molar-refractivity contribution in [1.82, 2.24) is 5.43 Å². The fourth-order valence-corrected chi connectivity index (χ4v) is 2.66. The summed E-state index contributed by atoms with van der Waals surface area (Å²) in [6.45, 7) is 5.08. The number of benzene rings is 2. The first-order valence-electron chi connectivity index (χ1n) is 8.65. The van der Waals surface area contributed by atoms with Crippen LogP contribution in [0, 0.1) is 0 Å². The van der Waals surface area contributed by atoms with Gasteiger partial charge in [-0.15, -0.1) is 0 Å². The minimum Gasteiger partial charge on any atom is -0.497 e. The lowest BCUT2D eigenvalue weighted by molar-refractivity contribution is 0.0955. The van der Waals surface area contributed by atoms with Crippen molar-refractivity contribution in [3.05, 3.63) is 52.0 Å². The number of rotatable bonds is 9. The predicted octanol–water partition coefficient (Wildman–Crippen LogP) is 4.41. The van der Waals surface area contributed by atoms with E-state index >= 15 is 0 Å². The number of hydrogen-bond donors (Lipinski definition) is 1. The van der Waals surface area contributed by atoms with Gasteiger partial charge in [0.05, 0.1) is 26.5 Å². The van der Waals surface area contributed by atoms with Crippen LogP contribution < -0.4 is 19.6 Å². The van der Waals surface area contributed by atoms with Crippen LogP contribution in [0.1, 0.15) is 36.2 Å². The summed E-state index contributed by atoms with van der Waals surface area (Å²) in [5, 5.41) is 4.04. The van der Waals surface area contributed by atoms with Gasteiger partial charge in [-0.1, -0.05) is 13.0 Å². The van der Waals surface area contributed by atoms with Gasteiger partial charge in [0.15, 0.2) is 11.5 Å². The highest BCUT2D eigenvalue weighted by Gasteiger charge is 2.10. The third kappa shape index (κ3) is 5.99. The molecule has 0 atom stereocenters. The average Bonchev–Trinajstić information content (AvgIpc) is 2.69. The zero-order valence-electron chi connectivity index (χ0n) is 15.6. The smallest absolute Gasteiger partial charge is 0.271 e. The zero-order chi connectivity index (χ0) is 19.6. The standard InChI is InChI=1S/C20H23BrN2O4/c1-4-9-27-19-12-17(21)15(11-18(19)26-5-2)13-22-23-20(24)14-7-6-8-16(10-14)25-3/h6-8,10-13H,4-5,9H2,1-3H3,(H,23,24)/b22-13+. The summed E-state index contributed by atoms with van der Waals surface area (Å²) in [5.74, 6) is 1.59. The Kier molecular flexibility index (Phi) is 8.13. The fourth-order valence-electron chi connectivity index (χ4n) is 2.23. The molecule has 1 amide bonds. The maximum absolute atomic E-state index is 12.2. The molecule has 0 spiro atoms. The largest absolute Gasteiger partial charge is 0.497 e. The van der Waals surface area contributed by atoms with Crippen LogP contribution in [-0.4, -0.2) is 32.4 Å². The van der Waals surface area contributed by atoms with E-state index < -0.39 is 0 Å². The van der Waals surface area contributed by atoms with Crippen LogP contribution in [0.3, 0.4) is 0 Å². The van der Waals surface area contributed by atoms with E-state index in [0.29, 0.717) is 36.0 Å². The molecule has 2 aromatic rings. The van der Waals surface area contributed by atoms with E-state index in [4.69, 9.17) is 14.2 Å². The normalized spacial score (nSPS) is 10.7. The van der Waals surface area contributed by atoms with Gasteiger partial charge in [0.1, 0.15) is 5.75 Å². The van der Waals surface area contributed by atoms with Crippen LogP contribution in [0.5, 0.6) is 17.2 Å². The van der Waals surface area contributed by atoms with Gasteiger partial charge in [-0.25, -0.2) is 5.43 Å². The first-order chi connectivity index (χ1) is 13.1. The molecule has 0 aliphatic rings. The van der Waals surface area contributed by atoms with Crippen LogP contribution in [0.15, 0.2) is 46.0 Å². The summed E-state index contributed by atoms with van der Waals surface area (Å²) < 4.78 is 17.3. The number of nitrogens with one attached hydrogen (secondary N) is 1. The fraction of sp³-hybridized carbons (Fsp3) is 0.300. The first kappa shape index (κ1) is 20.8. The van der Waals surface area contributed by atoms with Gasteiger partial charge in [-0.05, 0) is 59.6 Å². The van der Waals surface area contributed by atoms with E-state index in [2.05, 4.69) is 26.5 Å². The van der Waals surface area contributed by atoms with Gasteiger partial charge >= 0.3 is 0 Å². The molecule has 0 bridgehead atoms. The number of halogens is 1. The van der Waals surface area contributed by atoms with Gasteiger partial charge in [0.2, 0.25) is 0 Å². The number of methoxy groups -OCH3 is 1. The number of hydrogen-bond acceptors (Lipinski definition) is 5. The third-order valence-electron chi connectivity index (χ3n) is 3.53. The summed E-state index contributed by atoms with van der Waals surface area (Å²) in [7, 11) is 1.55. The van der Waals surface area contributed by atoms with E-state index in [-0.39, 0.29) is 5.91 Å². The van der Waals surface area contributed by atoms with Crippen molar-refractivity contribution in [1.29, 1.82) is 0 Å². The van der Waals surface area contributed by atoms with Crippen LogP contribution in [0.25, 0.3) is 0 Å². The van der Waals surface area contributed by atoms with E-state index in [0.717, 1.165) is 16.5 Å². The quantitative estimate of drug-likeness (QED) is 0.468. The molecule has 0 aromatic heterocycles. The molecule has 2 rings (SSSR count). The van der Waals surface area contributed by atoms with Gasteiger partial charge in [0, 0.05) is 15.6 Å². The molecule has 27 heavy (non-hydrogen) atoms. The molecule has 144 valence electrons. The van der Waals surface area contributed by atoms with Crippen LogP contribution in [0.2, 0.25) is 0 Å². The van der Waals surface area contributed by atoms with Crippen LogP contribution >= 0.6 is 15.9 Å². The SMILES string of the molecule is CCCOc1cc(Br)c(/C=N/NC(=O)c2cccc(OC)c2)cc1OCC. The van der Waals surface area contributed by atoms with Crippen molar-refractivity contribution in [3.8, 4) is 17.2 Å². The molecule has 0 heterocycles. The van der Waals surface area contributed by atoms with Crippen molar-refractivity contribution in [3.63, 3.8) is 0 Å². The molecule has 6 nitrogen and oxygen atoms in total. The molecular formula is C20H23BrN2O4. The van der Waals surface area contributed by atoms with Crippen molar-refractivity contribution >= 4 is 28.1 Å². The summed E-state index contributed by atoms with van der Waals surface area (Å²) in [6, 6.07) is 10.5. The Bertz CT molecular complexity index is 809. The van der Waals surface area contributed by atoms with Crippen molar-refractivity contribution in [2.75, 3.05) is 20.3 Å². The summed E-state index contributed by atoms with van der Waals surface area (Å²) in [6.07, 6.45) is 2.46. The number of carbonyl (C=O) groups excluding carboxylic acids is 1. The van der Waals surface area contributed by atoms with E-state index in [1.54, 1.807) is 37.6 Å². The summed E-state index contributed by atoms with van der Waals surface area (Å²) in [4.78, 5) is 12.2. The maximum atomic E-state index is 12.2. The molecule has 0 saturated carbocycles. The van der Waals surface area contributed by atoms with Crippen molar-refractivity contribution in [2.45, 2.75) is 20.3 Å². The number of carbonyl (C=O) groups is 1. The molecular weight excluding hydrogens is 412 g/mol. The highest BCUT2D eigenvalue weighted by atomic mass is 79.9. The van der Waals surface area contributed by atoms with Gasteiger partial charge in [-0.3, -0.25) is 4.79 Å². The van der Waals surface area contributed by atoms with Crippen LogP contribution in [-0.2, 0) is 0 Å². The van der Waals surface area contributed by atoms with Crippen molar-refractivity contribution in [2.24, 2.45) is 5.10 Å². The van der Waals surface area contributed by atoms with Crippen LogP contribution in [0.4, 0.5) is 0 Å². The molecule has 0 fully saturated rings. The molecule has 7 heteroatoms. The minimum atomic E-state index is -0.325.